The predicted octanol–water partition coefficient (Wildman–Crippen LogP) is 5.28. The topological polar surface area (TPSA) is 76.5 Å². The molecule has 1 aliphatic rings. The van der Waals surface area contributed by atoms with Crippen LogP contribution >= 0.6 is 11.8 Å². The molecule has 5 rings (SSSR count). The summed E-state index contributed by atoms with van der Waals surface area (Å²) in [6.45, 7) is 3.80. The number of nitrogens with one attached hydrogen (secondary N) is 1. The van der Waals surface area contributed by atoms with Crippen molar-refractivity contribution in [1.29, 1.82) is 0 Å². The first kappa shape index (κ1) is 26.8. The summed E-state index contributed by atoms with van der Waals surface area (Å²) < 4.78 is 47.2. The average molecular weight is 555 g/mol. The number of ether oxygens (including phenoxy) is 1. The molecule has 1 aromatic heterocycles. The third-order valence-corrected chi connectivity index (χ3v) is 7.26. The minimum absolute atomic E-state index is 0.0692. The first-order valence-corrected chi connectivity index (χ1v) is 13.2. The lowest BCUT2D eigenvalue weighted by atomic mass is 10.1. The Bertz CT molecular complexity index is 1570. The number of fused-ring (bicyclic) bond motifs is 1. The molecule has 0 bridgehead atoms. The van der Waals surface area contributed by atoms with Gasteiger partial charge in [0, 0.05) is 13.1 Å². The minimum Gasteiger partial charge on any atom is -0.378 e. The van der Waals surface area contributed by atoms with Crippen molar-refractivity contribution in [2.45, 2.75) is 18.3 Å². The van der Waals surface area contributed by atoms with Crippen molar-refractivity contribution in [1.82, 2.24) is 9.55 Å². The molecule has 2 heterocycles. The van der Waals surface area contributed by atoms with Crippen LogP contribution in [0.5, 0.6) is 0 Å². The molecule has 1 N–H and O–H groups in total. The van der Waals surface area contributed by atoms with E-state index in [1.54, 1.807) is 36.4 Å². The van der Waals surface area contributed by atoms with Gasteiger partial charge in [-0.15, -0.1) is 0 Å². The molecule has 7 nitrogen and oxygen atoms in total. The number of anilines is 2. The van der Waals surface area contributed by atoms with Gasteiger partial charge in [0.15, 0.2) is 5.16 Å². The van der Waals surface area contributed by atoms with Gasteiger partial charge in [-0.05, 0) is 49.4 Å². The summed E-state index contributed by atoms with van der Waals surface area (Å²) in [6, 6.07) is 17.6. The highest BCUT2D eigenvalue weighted by molar-refractivity contribution is 7.99. The lowest BCUT2D eigenvalue weighted by Gasteiger charge is -2.31. The maximum absolute atomic E-state index is 13.5. The normalized spacial score (nSPS) is 14.0. The monoisotopic (exact) mass is 554 g/mol. The summed E-state index contributed by atoms with van der Waals surface area (Å²) in [5.41, 5.74) is 1.53. The van der Waals surface area contributed by atoms with Gasteiger partial charge in [-0.25, -0.2) is 4.98 Å². The van der Waals surface area contributed by atoms with Crippen LogP contribution < -0.4 is 15.8 Å². The molecule has 1 saturated heterocycles. The molecule has 1 fully saturated rings. The fraction of sp³-hybridized carbons (Fsp3) is 0.250. The van der Waals surface area contributed by atoms with Gasteiger partial charge in [0.1, 0.15) is 0 Å². The fourth-order valence-corrected chi connectivity index (χ4v) is 5.15. The Kier molecular flexibility index (Phi) is 7.62. The minimum atomic E-state index is -4.56. The number of hydrogen-bond donors (Lipinski definition) is 1. The van der Waals surface area contributed by atoms with E-state index in [4.69, 9.17) is 4.74 Å². The summed E-state index contributed by atoms with van der Waals surface area (Å²) in [7, 11) is 0. The Morgan fingerprint density at radius 1 is 1.05 bits per heavy atom. The van der Waals surface area contributed by atoms with E-state index in [9.17, 15) is 22.8 Å². The maximum atomic E-state index is 13.5. The van der Waals surface area contributed by atoms with E-state index in [0.717, 1.165) is 29.5 Å². The molecule has 0 saturated carbocycles. The number of alkyl halides is 3. The van der Waals surface area contributed by atoms with Gasteiger partial charge < -0.3 is 15.0 Å². The number of carbonyl (C=O) groups is 1. The molecule has 39 heavy (non-hydrogen) atoms. The Labute approximate surface area is 226 Å². The third kappa shape index (κ3) is 5.94. The molecular formula is C28H25F3N4O3S. The van der Waals surface area contributed by atoms with Gasteiger partial charge in [0.25, 0.3) is 5.56 Å². The molecule has 1 amide bonds. The Hall–Kier alpha value is -3.83. The van der Waals surface area contributed by atoms with Crippen LogP contribution in [0, 0.1) is 6.92 Å². The number of aryl methyl sites for hydroxylation is 1. The molecule has 0 atom stereocenters. The van der Waals surface area contributed by atoms with Crippen molar-refractivity contribution in [3.05, 3.63) is 88.2 Å². The number of thioether (sulfide) groups is 1. The first-order chi connectivity index (χ1) is 18.7. The SMILES string of the molecule is Cc1ccc(-n2c(SCC(=O)Nc3cc(C(F)(F)F)ccc3N3CCOCC3)nc3ccccc3c2=O)cc1. The molecule has 202 valence electrons. The summed E-state index contributed by atoms with van der Waals surface area (Å²) in [5.74, 6) is -0.693. The second-order valence-electron chi connectivity index (χ2n) is 9.05. The fourth-order valence-electron chi connectivity index (χ4n) is 4.34. The lowest BCUT2D eigenvalue weighted by Crippen LogP contribution is -2.37. The van der Waals surface area contributed by atoms with E-state index in [1.807, 2.05) is 24.0 Å². The Morgan fingerprint density at radius 2 is 1.77 bits per heavy atom. The molecule has 0 unspecified atom stereocenters. The standard InChI is InChI=1S/C28H25F3N4O3S/c1-18-6-9-20(10-7-18)35-26(37)21-4-2-3-5-22(21)33-27(35)39-17-25(36)32-23-16-19(28(29,30)31)8-11-24(23)34-12-14-38-15-13-34/h2-11,16H,12-15,17H2,1H3,(H,32,36). The number of nitrogens with zero attached hydrogens (tertiary/aromatic N) is 3. The molecule has 0 radical (unpaired) electrons. The van der Waals surface area contributed by atoms with Crippen LogP contribution in [0.25, 0.3) is 16.6 Å². The van der Waals surface area contributed by atoms with Crippen molar-refractivity contribution in [3.63, 3.8) is 0 Å². The highest BCUT2D eigenvalue weighted by Gasteiger charge is 2.32. The lowest BCUT2D eigenvalue weighted by molar-refractivity contribution is -0.137. The van der Waals surface area contributed by atoms with Crippen molar-refractivity contribution >= 4 is 39.9 Å². The van der Waals surface area contributed by atoms with Gasteiger partial charge in [-0.2, -0.15) is 13.2 Å². The summed E-state index contributed by atoms with van der Waals surface area (Å²) in [6.07, 6.45) is -4.56. The van der Waals surface area contributed by atoms with Crippen molar-refractivity contribution in [3.8, 4) is 5.69 Å². The average Bonchev–Trinajstić information content (AvgIpc) is 2.93. The van der Waals surface area contributed by atoms with Crippen LogP contribution in [0.3, 0.4) is 0 Å². The molecule has 1 aliphatic heterocycles. The van der Waals surface area contributed by atoms with E-state index >= 15 is 0 Å². The molecule has 3 aromatic carbocycles. The van der Waals surface area contributed by atoms with E-state index in [1.165, 1.54) is 10.6 Å². The van der Waals surface area contributed by atoms with Gasteiger partial charge in [0.2, 0.25) is 5.91 Å². The number of hydrogen-bond acceptors (Lipinski definition) is 6. The summed E-state index contributed by atoms with van der Waals surface area (Å²) in [4.78, 5) is 33.0. The number of aromatic nitrogens is 2. The van der Waals surface area contributed by atoms with Crippen LogP contribution in [0.4, 0.5) is 24.5 Å². The van der Waals surface area contributed by atoms with E-state index in [-0.39, 0.29) is 17.0 Å². The number of halogens is 3. The molecule has 4 aromatic rings. The summed E-state index contributed by atoms with van der Waals surface area (Å²) >= 11 is 1.04. The maximum Gasteiger partial charge on any atom is 0.416 e. The highest BCUT2D eigenvalue weighted by Crippen LogP contribution is 2.36. The zero-order valence-corrected chi connectivity index (χ0v) is 21.8. The number of morpholine rings is 1. The second kappa shape index (κ2) is 11.1. The zero-order valence-electron chi connectivity index (χ0n) is 21.0. The van der Waals surface area contributed by atoms with Crippen LogP contribution in [0.1, 0.15) is 11.1 Å². The van der Waals surface area contributed by atoms with Crippen molar-refractivity contribution in [2.24, 2.45) is 0 Å². The molecule has 0 aliphatic carbocycles. The van der Waals surface area contributed by atoms with Crippen LogP contribution in [0.2, 0.25) is 0 Å². The van der Waals surface area contributed by atoms with Gasteiger partial charge >= 0.3 is 6.18 Å². The summed E-state index contributed by atoms with van der Waals surface area (Å²) in [5, 5.41) is 3.39. The largest absolute Gasteiger partial charge is 0.416 e. The van der Waals surface area contributed by atoms with Crippen LogP contribution in [0.15, 0.2) is 76.7 Å². The quantitative estimate of drug-likeness (QED) is 0.258. The van der Waals surface area contributed by atoms with Crippen LogP contribution in [-0.2, 0) is 15.7 Å². The smallest absolute Gasteiger partial charge is 0.378 e. The highest BCUT2D eigenvalue weighted by atomic mass is 32.2. The predicted molar refractivity (Wildman–Crippen MR) is 146 cm³/mol. The van der Waals surface area contributed by atoms with Gasteiger partial charge in [-0.3, -0.25) is 14.2 Å². The third-order valence-electron chi connectivity index (χ3n) is 6.32. The van der Waals surface area contributed by atoms with Gasteiger partial charge in [0.05, 0.1) is 52.5 Å². The number of rotatable bonds is 6. The molecule has 0 spiro atoms. The second-order valence-corrected chi connectivity index (χ2v) is 10.00. The van der Waals surface area contributed by atoms with Crippen molar-refractivity contribution in [2.75, 3.05) is 42.3 Å². The number of para-hydroxylation sites is 1. The molecule has 11 heteroatoms. The van der Waals surface area contributed by atoms with Crippen molar-refractivity contribution < 1.29 is 22.7 Å². The van der Waals surface area contributed by atoms with E-state index in [2.05, 4.69) is 10.3 Å². The number of amides is 1. The molecular weight excluding hydrogens is 529 g/mol. The number of benzene rings is 3. The van der Waals surface area contributed by atoms with Crippen LogP contribution in [-0.4, -0.2) is 47.5 Å². The first-order valence-electron chi connectivity index (χ1n) is 12.3. The Balaban J connectivity index is 1.44. The van der Waals surface area contributed by atoms with E-state index in [0.29, 0.717) is 53.7 Å². The number of carbonyl (C=O) groups excluding carboxylic acids is 1. The van der Waals surface area contributed by atoms with E-state index < -0.39 is 17.6 Å². The zero-order chi connectivity index (χ0) is 27.6. The Morgan fingerprint density at radius 3 is 2.49 bits per heavy atom. The van der Waals surface area contributed by atoms with Gasteiger partial charge in [-0.1, -0.05) is 41.6 Å².